The molecule has 0 bridgehead atoms. The second-order valence-corrected chi connectivity index (χ2v) is 3.24. The summed E-state index contributed by atoms with van der Waals surface area (Å²) in [6.07, 6.45) is 3.78. The Kier molecular flexibility index (Phi) is 5.18. The van der Waals surface area contributed by atoms with Crippen LogP contribution in [-0.2, 0) is 4.84 Å². The third-order valence-electron chi connectivity index (χ3n) is 1.81. The third-order valence-corrected chi connectivity index (χ3v) is 2.05. The lowest BCUT2D eigenvalue weighted by Crippen LogP contribution is -2.06. The van der Waals surface area contributed by atoms with E-state index in [0.717, 1.165) is 11.3 Å². The van der Waals surface area contributed by atoms with Crippen LogP contribution in [0.3, 0.4) is 0 Å². The fourth-order valence-electron chi connectivity index (χ4n) is 1.14. The molecule has 1 N–H and O–H groups in total. The minimum absolute atomic E-state index is 0.492. The highest BCUT2D eigenvalue weighted by molar-refractivity contribution is 6.30. The fourth-order valence-corrected chi connectivity index (χ4v) is 1.32. The molecule has 0 aliphatic heterocycles. The number of benzene rings is 1. The zero-order valence-corrected chi connectivity index (χ0v) is 9.54. The minimum atomic E-state index is 0.492. The Hall–Kier alpha value is -1.03. The van der Waals surface area contributed by atoms with Gasteiger partial charge in [0.15, 0.2) is 0 Å². The number of methoxy groups -OCH3 is 1. The first-order valence-electron chi connectivity index (χ1n) is 4.56. The first-order valence-corrected chi connectivity index (χ1v) is 4.94. The molecule has 0 unspecified atom stereocenters. The Labute approximate surface area is 94.6 Å². The summed E-state index contributed by atoms with van der Waals surface area (Å²) in [7, 11) is 3.35. The van der Waals surface area contributed by atoms with Gasteiger partial charge in [-0.15, -0.1) is 0 Å². The molecule has 0 heterocycles. The maximum Gasteiger partial charge on any atom is 0.126 e. The van der Waals surface area contributed by atoms with Gasteiger partial charge in [0, 0.05) is 17.6 Å². The average Bonchev–Trinajstić information content (AvgIpc) is 2.25. The summed E-state index contributed by atoms with van der Waals surface area (Å²) in [6.45, 7) is 0.492. The molecule has 1 aromatic carbocycles. The van der Waals surface area contributed by atoms with Crippen LogP contribution in [0.1, 0.15) is 5.56 Å². The molecule has 0 saturated carbocycles. The van der Waals surface area contributed by atoms with E-state index in [1.54, 1.807) is 20.2 Å². The van der Waals surface area contributed by atoms with Gasteiger partial charge in [-0.2, -0.15) is 0 Å². The Balaban J connectivity index is 2.73. The first-order chi connectivity index (χ1) is 7.27. The van der Waals surface area contributed by atoms with Crippen molar-refractivity contribution in [3.8, 4) is 5.75 Å². The monoisotopic (exact) mass is 227 g/mol. The van der Waals surface area contributed by atoms with Crippen LogP contribution < -0.4 is 10.2 Å². The highest BCUT2D eigenvalue weighted by Gasteiger charge is 1.99. The summed E-state index contributed by atoms with van der Waals surface area (Å²) in [5, 5.41) is 0.685. The molecule has 1 rings (SSSR count). The van der Waals surface area contributed by atoms with E-state index in [2.05, 4.69) is 5.48 Å². The van der Waals surface area contributed by atoms with E-state index < -0.39 is 0 Å². The number of hydroxylamine groups is 1. The molecule has 0 amide bonds. The van der Waals surface area contributed by atoms with Gasteiger partial charge in [-0.05, 0) is 18.2 Å². The first kappa shape index (κ1) is 12.0. The molecule has 0 saturated heterocycles. The summed E-state index contributed by atoms with van der Waals surface area (Å²) >= 11 is 5.88. The summed E-state index contributed by atoms with van der Waals surface area (Å²) in [5.41, 5.74) is 3.52. The topological polar surface area (TPSA) is 30.5 Å². The maximum absolute atomic E-state index is 5.88. The number of hydrogen-bond acceptors (Lipinski definition) is 3. The van der Waals surface area contributed by atoms with Crippen molar-refractivity contribution in [3.63, 3.8) is 0 Å². The smallest absolute Gasteiger partial charge is 0.126 e. The van der Waals surface area contributed by atoms with Crippen LogP contribution in [0.25, 0.3) is 6.08 Å². The SMILES string of the molecule is CNOC/C=C/c1cc(Cl)ccc1OC. The lowest BCUT2D eigenvalue weighted by Gasteiger charge is -2.04. The van der Waals surface area contributed by atoms with Gasteiger partial charge in [0.2, 0.25) is 0 Å². The Morgan fingerprint density at radius 3 is 2.93 bits per heavy atom. The van der Waals surface area contributed by atoms with Crippen LogP contribution in [0.2, 0.25) is 5.02 Å². The number of nitrogens with one attached hydrogen (secondary N) is 1. The second kappa shape index (κ2) is 6.45. The number of rotatable bonds is 5. The van der Waals surface area contributed by atoms with E-state index in [9.17, 15) is 0 Å². The molecule has 0 radical (unpaired) electrons. The molecular weight excluding hydrogens is 214 g/mol. The third kappa shape index (κ3) is 3.91. The number of hydrogen-bond donors (Lipinski definition) is 1. The summed E-state index contributed by atoms with van der Waals surface area (Å²) in [4.78, 5) is 4.95. The van der Waals surface area contributed by atoms with E-state index in [1.165, 1.54) is 0 Å². The van der Waals surface area contributed by atoms with Crippen molar-refractivity contribution in [2.45, 2.75) is 0 Å². The van der Waals surface area contributed by atoms with Crippen LogP contribution in [-0.4, -0.2) is 20.8 Å². The zero-order chi connectivity index (χ0) is 11.1. The van der Waals surface area contributed by atoms with Gasteiger partial charge in [-0.1, -0.05) is 23.8 Å². The summed E-state index contributed by atoms with van der Waals surface area (Å²) in [5.74, 6) is 0.792. The van der Waals surface area contributed by atoms with Gasteiger partial charge in [0.25, 0.3) is 0 Å². The lowest BCUT2D eigenvalue weighted by molar-refractivity contribution is 0.0814. The number of halogens is 1. The molecule has 0 spiro atoms. The van der Waals surface area contributed by atoms with Gasteiger partial charge >= 0.3 is 0 Å². The van der Waals surface area contributed by atoms with Gasteiger partial charge in [-0.25, -0.2) is 5.48 Å². The molecule has 0 fully saturated rings. The highest BCUT2D eigenvalue weighted by atomic mass is 35.5. The van der Waals surface area contributed by atoms with Crippen LogP contribution in [0.4, 0.5) is 0 Å². The molecular formula is C11H14ClNO2. The normalized spacial score (nSPS) is 10.9. The van der Waals surface area contributed by atoms with Gasteiger partial charge in [-0.3, -0.25) is 4.84 Å². The molecule has 0 atom stereocenters. The molecule has 3 nitrogen and oxygen atoms in total. The summed E-state index contributed by atoms with van der Waals surface area (Å²) in [6, 6.07) is 5.47. The summed E-state index contributed by atoms with van der Waals surface area (Å²) < 4.78 is 5.19. The standard InChI is InChI=1S/C11H14ClNO2/c1-13-15-7-3-4-9-8-10(12)5-6-11(9)14-2/h3-6,8,13H,7H2,1-2H3/b4-3+. The molecule has 0 aliphatic rings. The zero-order valence-electron chi connectivity index (χ0n) is 8.79. The van der Waals surface area contributed by atoms with Crippen LogP contribution in [0, 0.1) is 0 Å². The minimum Gasteiger partial charge on any atom is -0.496 e. The molecule has 0 aromatic heterocycles. The van der Waals surface area contributed by atoms with Crippen molar-refractivity contribution >= 4 is 17.7 Å². The Morgan fingerprint density at radius 1 is 1.47 bits per heavy atom. The Morgan fingerprint density at radius 2 is 2.27 bits per heavy atom. The van der Waals surface area contributed by atoms with E-state index in [-0.39, 0.29) is 0 Å². The van der Waals surface area contributed by atoms with Crippen LogP contribution in [0.5, 0.6) is 5.75 Å². The molecule has 4 heteroatoms. The van der Waals surface area contributed by atoms with Crippen LogP contribution in [0.15, 0.2) is 24.3 Å². The van der Waals surface area contributed by atoms with Gasteiger partial charge in [0.1, 0.15) is 5.75 Å². The molecule has 15 heavy (non-hydrogen) atoms. The van der Waals surface area contributed by atoms with Crippen molar-refractivity contribution in [3.05, 3.63) is 34.9 Å². The molecule has 82 valence electrons. The van der Waals surface area contributed by atoms with E-state index >= 15 is 0 Å². The van der Waals surface area contributed by atoms with E-state index in [4.69, 9.17) is 21.2 Å². The molecule has 0 aliphatic carbocycles. The van der Waals surface area contributed by atoms with Crippen molar-refractivity contribution < 1.29 is 9.57 Å². The largest absolute Gasteiger partial charge is 0.496 e. The van der Waals surface area contributed by atoms with Crippen molar-refractivity contribution in [2.24, 2.45) is 0 Å². The average molecular weight is 228 g/mol. The van der Waals surface area contributed by atoms with Crippen LogP contribution >= 0.6 is 11.6 Å². The van der Waals surface area contributed by atoms with E-state index in [1.807, 2.05) is 24.3 Å². The van der Waals surface area contributed by atoms with Crippen molar-refractivity contribution in [1.82, 2.24) is 5.48 Å². The van der Waals surface area contributed by atoms with E-state index in [0.29, 0.717) is 11.6 Å². The quantitative estimate of drug-likeness (QED) is 0.619. The Bertz CT molecular complexity index is 339. The fraction of sp³-hybridized carbons (Fsp3) is 0.273. The predicted octanol–water partition coefficient (Wildman–Crippen LogP) is 2.51. The molecule has 1 aromatic rings. The van der Waals surface area contributed by atoms with Crippen molar-refractivity contribution in [1.29, 1.82) is 0 Å². The van der Waals surface area contributed by atoms with Gasteiger partial charge < -0.3 is 4.74 Å². The maximum atomic E-state index is 5.88. The highest BCUT2D eigenvalue weighted by Crippen LogP contribution is 2.23. The predicted molar refractivity (Wildman–Crippen MR) is 62.0 cm³/mol. The number of ether oxygens (including phenoxy) is 1. The second-order valence-electron chi connectivity index (χ2n) is 2.80. The van der Waals surface area contributed by atoms with Crippen molar-refractivity contribution in [2.75, 3.05) is 20.8 Å². The lowest BCUT2D eigenvalue weighted by atomic mass is 10.2. The van der Waals surface area contributed by atoms with Gasteiger partial charge in [0.05, 0.1) is 13.7 Å².